The van der Waals surface area contributed by atoms with Gasteiger partial charge in [0.25, 0.3) is 0 Å². The van der Waals surface area contributed by atoms with Crippen molar-refractivity contribution in [2.75, 3.05) is 5.75 Å². The Morgan fingerprint density at radius 3 is 2.75 bits per heavy atom. The minimum absolute atomic E-state index is 0.0179. The first-order valence-electron chi connectivity index (χ1n) is 9.25. The number of benzene rings is 2. The third-order valence-electron chi connectivity index (χ3n) is 5.06. The number of aryl methyl sites for hydroxylation is 3. The molecule has 0 spiro atoms. The number of hydrogen-bond donors (Lipinski definition) is 2. The highest BCUT2D eigenvalue weighted by Gasteiger charge is 2.16. The zero-order chi connectivity index (χ0) is 19.8. The number of H-pyrrole nitrogens is 1. The van der Waals surface area contributed by atoms with Crippen molar-refractivity contribution in [2.24, 2.45) is 0 Å². The summed E-state index contributed by atoms with van der Waals surface area (Å²) in [6.45, 7) is 8.32. The Hall–Kier alpha value is -2.80. The summed E-state index contributed by atoms with van der Waals surface area (Å²) in [4.78, 5) is 17.0. The second-order valence-corrected chi connectivity index (χ2v) is 8.08. The number of aromatic nitrogens is 4. The van der Waals surface area contributed by atoms with Crippen molar-refractivity contribution in [3.63, 3.8) is 0 Å². The van der Waals surface area contributed by atoms with Gasteiger partial charge in [-0.3, -0.25) is 9.20 Å². The van der Waals surface area contributed by atoms with Crippen molar-refractivity contribution >= 4 is 34.5 Å². The van der Waals surface area contributed by atoms with E-state index in [1.807, 2.05) is 35.6 Å². The number of nitrogens with zero attached hydrogens (tertiary/aromatic N) is 3. The maximum absolute atomic E-state index is 12.5. The van der Waals surface area contributed by atoms with E-state index in [-0.39, 0.29) is 11.9 Å². The van der Waals surface area contributed by atoms with Crippen LogP contribution in [-0.4, -0.2) is 31.2 Å². The van der Waals surface area contributed by atoms with Crippen molar-refractivity contribution in [1.29, 1.82) is 0 Å². The fourth-order valence-electron chi connectivity index (χ4n) is 3.48. The number of carbonyl (C=O) groups excluding carboxylic acids is 1. The van der Waals surface area contributed by atoms with Crippen LogP contribution in [0.2, 0.25) is 0 Å². The first kappa shape index (κ1) is 18.6. The second-order valence-electron chi connectivity index (χ2n) is 7.14. The molecule has 1 unspecified atom stereocenters. The monoisotopic (exact) mass is 393 g/mol. The van der Waals surface area contributed by atoms with Crippen LogP contribution in [0.4, 0.5) is 0 Å². The van der Waals surface area contributed by atoms with Crippen LogP contribution in [0.3, 0.4) is 0 Å². The van der Waals surface area contributed by atoms with Gasteiger partial charge in [-0.15, -0.1) is 5.10 Å². The molecule has 1 amide bonds. The van der Waals surface area contributed by atoms with E-state index in [0.29, 0.717) is 11.5 Å². The van der Waals surface area contributed by atoms with E-state index in [0.717, 1.165) is 21.8 Å². The van der Waals surface area contributed by atoms with E-state index < -0.39 is 0 Å². The Morgan fingerprint density at radius 1 is 1.18 bits per heavy atom. The summed E-state index contributed by atoms with van der Waals surface area (Å²) >= 11 is 1.40. The molecule has 1 atom stereocenters. The largest absolute Gasteiger partial charge is 0.349 e. The van der Waals surface area contributed by atoms with Gasteiger partial charge in [0.1, 0.15) is 0 Å². The van der Waals surface area contributed by atoms with Gasteiger partial charge >= 0.3 is 0 Å². The van der Waals surface area contributed by atoms with Crippen LogP contribution < -0.4 is 5.32 Å². The molecular weight excluding hydrogens is 370 g/mol. The van der Waals surface area contributed by atoms with Gasteiger partial charge in [-0.1, -0.05) is 36.0 Å². The number of hydrogen-bond acceptors (Lipinski definition) is 4. The number of carbonyl (C=O) groups is 1. The Morgan fingerprint density at radius 2 is 1.93 bits per heavy atom. The fourth-order valence-corrected chi connectivity index (χ4v) is 4.25. The topological polar surface area (TPSA) is 75.1 Å². The van der Waals surface area contributed by atoms with Crippen LogP contribution in [0.5, 0.6) is 0 Å². The number of nitrogens with one attached hydrogen (secondary N) is 2. The molecule has 0 saturated heterocycles. The molecule has 0 fully saturated rings. The standard InChI is InChI=1S/C21H23N5OS/c1-12-9-14(3)16(10-13(12)2)15(4)22-19(27)11-28-21-25-24-20-23-17-7-5-6-8-18(17)26(20)21/h5-10,15H,11H2,1-4H3,(H,22,27)(H,23,24). The highest BCUT2D eigenvalue weighted by molar-refractivity contribution is 7.99. The van der Waals surface area contributed by atoms with Crippen molar-refractivity contribution < 1.29 is 4.79 Å². The van der Waals surface area contributed by atoms with Gasteiger partial charge in [0.05, 0.1) is 22.8 Å². The molecule has 0 aliphatic rings. The number of para-hydroxylation sites is 2. The molecule has 7 heteroatoms. The van der Waals surface area contributed by atoms with Crippen LogP contribution in [0.1, 0.15) is 35.2 Å². The molecule has 0 saturated carbocycles. The molecule has 6 nitrogen and oxygen atoms in total. The summed E-state index contributed by atoms with van der Waals surface area (Å²) in [6, 6.07) is 12.2. The van der Waals surface area contributed by atoms with Gasteiger partial charge in [-0.2, -0.15) is 0 Å². The first-order valence-corrected chi connectivity index (χ1v) is 10.2. The molecule has 4 aromatic rings. The quantitative estimate of drug-likeness (QED) is 0.501. The lowest BCUT2D eigenvalue weighted by atomic mass is 9.96. The number of amides is 1. The fraction of sp³-hybridized carbons (Fsp3) is 0.286. The van der Waals surface area contributed by atoms with Gasteiger partial charge in [-0.25, -0.2) is 10.1 Å². The molecule has 0 aliphatic carbocycles. The predicted octanol–water partition coefficient (Wildman–Crippen LogP) is 4.11. The predicted molar refractivity (Wildman–Crippen MR) is 113 cm³/mol. The summed E-state index contributed by atoms with van der Waals surface area (Å²) in [6.07, 6.45) is 0. The number of imidazole rings is 1. The molecule has 2 aromatic heterocycles. The van der Waals surface area contributed by atoms with Crippen LogP contribution in [0, 0.1) is 20.8 Å². The van der Waals surface area contributed by atoms with E-state index in [1.165, 1.54) is 28.5 Å². The average Bonchev–Trinajstić information content (AvgIpc) is 3.22. The van der Waals surface area contributed by atoms with E-state index in [1.54, 1.807) is 0 Å². The lowest BCUT2D eigenvalue weighted by Crippen LogP contribution is -2.28. The summed E-state index contributed by atoms with van der Waals surface area (Å²) in [5.74, 6) is 0.958. The second kappa shape index (κ2) is 7.31. The SMILES string of the molecule is Cc1cc(C)c(C(C)NC(=O)CSc2n[nH]c3nc4ccccc4n23)cc1C. The van der Waals surface area contributed by atoms with E-state index in [2.05, 4.69) is 53.4 Å². The molecule has 4 rings (SSSR count). The minimum Gasteiger partial charge on any atom is -0.349 e. The Kier molecular flexibility index (Phi) is 4.85. The Balaban J connectivity index is 1.46. The Labute approximate surface area is 167 Å². The third-order valence-corrected chi connectivity index (χ3v) is 6.00. The molecule has 2 heterocycles. The van der Waals surface area contributed by atoms with Gasteiger partial charge in [0.2, 0.25) is 11.7 Å². The summed E-state index contributed by atoms with van der Waals surface area (Å²) in [7, 11) is 0. The molecule has 0 aliphatic heterocycles. The lowest BCUT2D eigenvalue weighted by Gasteiger charge is -2.18. The minimum atomic E-state index is -0.0410. The lowest BCUT2D eigenvalue weighted by molar-refractivity contribution is -0.119. The maximum atomic E-state index is 12.5. The van der Waals surface area contributed by atoms with E-state index in [9.17, 15) is 4.79 Å². The van der Waals surface area contributed by atoms with Crippen LogP contribution in [0.15, 0.2) is 41.6 Å². The summed E-state index contributed by atoms with van der Waals surface area (Å²) in [5.41, 5.74) is 6.74. The molecular formula is C21H23N5OS. The zero-order valence-electron chi connectivity index (χ0n) is 16.4. The molecule has 0 radical (unpaired) electrons. The van der Waals surface area contributed by atoms with Crippen molar-refractivity contribution in [3.05, 3.63) is 58.7 Å². The van der Waals surface area contributed by atoms with Gasteiger partial charge < -0.3 is 5.32 Å². The Bertz CT molecular complexity index is 1180. The van der Waals surface area contributed by atoms with Gasteiger partial charge in [0, 0.05) is 0 Å². The zero-order valence-corrected chi connectivity index (χ0v) is 17.2. The van der Waals surface area contributed by atoms with Crippen LogP contribution >= 0.6 is 11.8 Å². The van der Waals surface area contributed by atoms with Crippen molar-refractivity contribution in [1.82, 2.24) is 24.9 Å². The molecule has 2 aromatic carbocycles. The normalized spacial score (nSPS) is 12.6. The van der Waals surface area contributed by atoms with Gasteiger partial charge in [0.15, 0.2) is 5.16 Å². The van der Waals surface area contributed by atoms with E-state index in [4.69, 9.17) is 0 Å². The molecule has 144 valence electrons. The van der Waals surface area contributed by atoms with Gasteiger partial charge in [-0.05, 0) is 62.1 Å². The molecule has 28 heavy (non-hydrogen) atoms. The van der Waals surface area contributed by atoms with E-state index >= 15 is 0 Å². The van der Waals surface area contributed by atoms with Crippen molar-refractivity contribution in [2.45, 2.75) is 38.9 Å². The number of thioether (sulfide) groups is 1. The smallest absolute Gasteiger partial charge is 0.231 e. The number of aromatic amines is 1. The first-order chi connectivity index (χ1) is 13.4. The highest BCUT2D eigenvalue weighted by Crippen LogP contribution is 2.24. The number of rotatable bonds is 5. The average molecular weight is 394 g/mol. The third kappa shape index (κ3) is 3.38. The molecule has 0 bridgehead atoms. The maximum Gasteiger partial charge on any atom is 0.231 e. The highest BCUT2D eigenvalue weighted by atomic mass is 32.2. The number of fused-ring (bicyclic) bond motifs is 3. The van der Waals surface area contributed by atoms with Crippen molar-refractivity contribution in [3.8, 4) is 0 Å². The molecule has 2 N–H and O–H groups in total. The summed E-state index contributed by atoms with van der Waals surface area (Å²) in [5, 5.41) is 11.1. The van der Waals surface area contributed by atoms with Crippen LogP contribution in [-0.2, 0) is 4.79 Å². The van der Waals surface area contributed by atoms with Crippen LogP contribution in [0.25, 0.3) is 16.8 Å². The summed E-state index contributed by atoms with van der Waals surface area (Å²) < 4.78 is 1.95.